The summed E-state index contributed by atoms with van der Waals surface area (Å²) in [4.78, 5) is 5.49. The number of rotatable bonds is 8. The maximum absolute atomic E-state index is 12.8. The van der Waals surface area contributed by atoms with Gasteiger partial charge in [0.2, 0.25) is 15.2 Å². The van der Waals surface area contributed by atoms with Crippen molar-refractivity contribution in [2.24, 2.45) is 0 Å². The minimum Gasteiger partial charge on any atom is -0.496 e. The van der Waals surface area contributed by atoms with Crippen molar-refractivity contribution in [1.29, 1.82) is 0 Å². The van der Waals surface area contributed by atoms with Crippen LogP contribution in [0.3, 0.4) is 0 Å². The van der Waals surface area contributed by atoms with E-state index in [1.807, 2.05) is 32.0 Å². The van der Waals surface area contributed by atoms with E-state index in [-0.39, 0.29) is 42.4 Å². The summed E-state index contributed by atoms with van der Waals surface area (Å²) in [5.41, 5.74) is 3.55. The van der Waals surface area contributed by atoms with E-state index in [0.29, 0.717) is 17.4 Å². The van der Waals surface area contributed by atoms with Crippen molar-refractivity contribution < 1.29 is 18.6 Å². The van der Waals surface area contributed by atoms with E-state index in [1.165, 1.54) is 27.5 Å². The number of aromatic nitrogens is 1. The summed E-state index contributed by atoms with van der Waals surface area (Å²) in [5, 5.41) is 7.78. The van der Waals surface area contributed by atoms with E-state index < -0.39 is 10.0 Å². The van der Waals surface area contributed by atoms with Crippen LogP contribution in [0.15, 0.2) is 48.5 Å². The number of ether oxygens (including phenoxy) is 1. The van der Waals surface area contributed by atoms with E-state index in [9.17, 15) is 8.42 Å². The number of hydrogen-bond donors (Lipinski definition) is 2. The molecule has 8 nitrogen and oxygen atoms in total. The molecule has 0 aliphatic carbocycles. The zero-order valence-electron chi connectivity index (χ0n) is 21.4. The van der Waals surface area contributed by atoms with Gasteiger partial charge in [-0.3, -0.25) is 0 Å². The number of nitrogens with zero attached hydrogens (tertiary/aromatic N) is 2. The van der Waals surface area contributed by atoms with Gasteiger partial charge in [-0.15, -0.1) is 36.2 Å². The third-order valence-corrected chi connectivity index (χ3v) is 8.41. The van der Waals surface area contributed by atoms with Crippen LogP contribution in [0.5, 0.6) is 5.75 Å². The summed E-state index contributed by atoms with van der Waals surface area (Å²) >= 11 is 1.37. The normalized spacial score (nSPS) is 17.1. The first-order valence-corrected chi connectivity index (χ1v) is 14.1. The van der Waals surface area contributed by atoms with Crippen molar-refractivity contribution in [1.82, 2.24) is 15.6 Å². The third-order valence-electron chi connectivity index (χ3n) is 6.19. The average molecular weight is 592 g/mol. The number of nitrogens with one attached hydrogen (secondary N) is 2. The molecule has 0 radical (unpaired) electrons. The standard InChI is InChI=1S/C25H32N4O3S2.2ClH.H2O/c1-17-18(2)33-25(28-17)29(34(4,30)31)21-12-13-23(32-3)20(15-21)16-27-22-11-8-14-26-24(22)19-9-6-5-7-10-19;;;/h5-7,9-10,12-13,15,22,24,26-27H,8,11,14,16H2,1-4H3;2*1H;1H2. The monoisotopic (exact) mass is 590 g/mol. The van der Waals surface area contributed by atoms with Gasteiger partial charge in [0.1, 0.15) is 5.75 Å². The largest absolute Gasteiger partial charge is 0.496 e. The highest BCUT2D eigenvalue weighted by atomic mass is 35.5. The molecule has 2 atom stereocenters. The van der Waals surface area contributed by atoms with Gasteiger partial charge in [-0.05, 0) is 57.0 Å². The lowest BCUT2D eigenvalue weighted by molar-refractivity contribution is 0.303. The number of anilines is 2. The first kappa shape index (κ1) is 33.1. The predicted octanol–water partition coefficient (Wildman–Crippen LogP) is 4.47. The van der Waals surface area contributed by atoms with Gasteiger partial charge in [0, 0.05) is 29.1 Å². The van der Waals surface area contributed by atoms with E-state index >= 15 is 0 Å². The Morgan fingerprint density at radius 1 is 1.16 bits per heavy atom. The van der Waals surface area contributed by atoms with Gasteiger partial charge in [-0.1, -0.05) is 30.3 Å². The number of methoxy groups -OCH3 is 1. The first-order chi connectivity index (χ1) is 16.3. The van der Waals surface area contributed by atoms with Crippen LogP contribution in [0.2, 0.25) is 0 Å². The van der Waals surface area contributed by atoms with Crippen molar-refractivity contribution >= 4 is 57.0 Å². The Morgan fingerprint density at radius 3 is 2.46 bits per heavy atom. The summed E-state index contributed by atoms with van der Waals surface area (Å²) in [5.74, 6) is 0.719. The van der Waals surface area contributed by atoms with Crippen molar-refractivity contribution in [3.05, 3.63) is 70.2 Å². The van der Waals surface area contributed by atoms with Crippen LogP contribution in [0.25, 0.3) is 0 Å². The molecule has 4 rings (SSSR count). The van der Waals surface area contributed by atoms with E-state index in [4.69, 9.17) is 4.74 Å². The molecular weight excluding hydrogens is 555 g/mol. The lowest BCUT2D eigenvalue weighted by Gasteiger charge is -2.34. The van der Waals surface area contributed by atoms with Crippen molar-refractivity contribution in [3.8, 4) is 5.75 Å². The highest BCUT2D eigenvalue weighted by Gasteiger charge is 2.27. The summed E-state index contributed by atoms with van der Waals surface area (Å²) < 4.78 is 32.4. The smallest absolute Gasteiger partial charge is 0.238 e. The van der Waals surface area contributed by atoms with Gasteiger partial charge in [-0.25, -0.2) is 17.7 Å². The molecule has 12 heteroatoms. The van der Waals surface area contributed by atoms with Crippen LogP contribution in [0.4, 0.5) is 10.8 Å². The maximum Gasteiger partial charge on any atom is 0.238 e. The fourth-order valence-corrected chi connectivity index (χ4v) is 6.55. The zero-order valence-corrected chi connectivity index (χ0v) is 24.6. The molecule has 1 saturated heterocycles. The number of halogens is 2. The highest BCUT2D eigenvalue weighted by molar-refractivity contribution is 7.92. The fourth-order valence-electron chi connectivity index (χ4n) is 4.38. The molecule has 37 heavy (non-hydrogen) atoms. The summed E-state index contributed by atoms with van der Waals surface area (Å²) in [7, 11) is -1.95. The molecule has 1 fully saturated rings. The molecule has 206 valence electrons. The second kappa shape index (κ2) is 14.3. The number of benzene rings is 2. The van der Waals surface area contributed by atoms with Crippen LogP contribution in [-0.4, -0.2) is 44.8 Å². The lowest BCUT2D eigenvalue weighted by Crippen LogP contribution is -2.45. The van der Waals surface area contributed by atoms with Gasteiger partial charge in [-0.2, -0.15) is 0 Å². The minimum absolute atomic E-state index is 0. The summed E-state index contributed by atoms with van der Waals surface area (Å²) in [6.45, 7) is 5.38. The molecule has 3 aromatic rings. The lowest BCUT2D eigenvalue weighted by atomic mass is 9.92. The molecule has 0 spiro atoms. The van der Waals surface area contributed by atoms with Crippen LogP contribution in [0.1, 0.15) is 40.6 Å². The van der Waals surface area contributed by atoms with Crippen molar-refractivity contribution in [2.75, 3.05) is 24.2 Å². The van der Waals surface area contributed by atoms with Gasteiger partial charge in [0.05, 0.1) is 24.7 Å². The Kier molecular flexibility index (Phi) is 12.8. The number of piperidine rings is 1. The molecule has 1 aliphatic heterocycles. The molecule has 1 aliphatic rings. The van der Waals surface area contributed by atoms with E-state index in [2.05, 4.69) is 39.9 Å². The van der Waals surface area contributed by atoms with Crippen LogP contribution < -0.4 is 19.7 Å². The quantitative estimate of drug-likeness (QED) is 0.400. The number of thiazole rings is 1. The van der Waals surface area contributed by atoms with Gasteiger partial charge in [0.15, 0.2) is 0 Å². The molecule has 2 aromatic carbocycles. The Balaban J connectivity index is 0.00000228. The SMILES string of the molecule is COc1ccc(N(c2nc(C)c(C)s2)S(C)(=O)=O)cc1CNC1CCCNC1c1ccccc1.Cl.Cl.O. The molecule has 1 aromatic heterocycles. The number of sulfonamides is 1. The second-order valence-corrected chi connectivity index (χ2v) is 11.6. The average Bonchev–Trinajstić information content (AvgIpc) is 3.15. The van der Waals surface area contributed by atoms with Crippen LogP contribution in [-0.2, 0) is 16.6 Å². The minimum atomic E-state index is -3.58. The number of aryl methyl sites for hydroxylation is 2. The Morgan fingerprint density at radius 2 is 1.86 bits per heavy atom. The van der Waals surface area contributed by atoms with Gasteiger partial charge in [0.25, 0.3) is 0 Å². The molecule has 2 unspecified atom stereocenters. The van der Waals surface area contributed by atoms with Gasteiger partial charge >= 0.3 is 0 Å². The van der Waals surface area contributed by atoms with E-state index in [0.717, 1.165) is 41.3 Å². The zero-order chi connectivity index (χ0) is 24.3. The maximum atomic E-state index is 12.8. The molecule has 0 bridgehead atoms. The van der Waals surface area contributed by atoms with Crippen molar-refractivity contribution in [2.45, 2.75) is 45.3 Å². The van der Waals surface area contributed by atoms with Crippen LogP contribution in [0, 0.1) is 13.8 Å². The molecule has 0 amide bonds. The highest BCUT2D eigenvalue weighted by Crippen LogP contribution is 2.36. The fraction of sp³-hybridized carbons (Fsp3) is 0.400. The molecule has 2 heterocycles. The second-order valence-electron chi connectivity index (χ2n) is 8.63. The molecule has 4 N–H and O–H groups in total. The third kappa shape index (κ3) is 7.79. The molecule has 0 saturated carbocycles. The molecular formula is C25H36Cl2N4O4S2. The Hall–Kier alpha value is -1.92. The first-order valence-electron chi connectivity index (χ1n) is 11.4. The van der Waals surface area contributed by atoms with E-state index in [1.54, 1.807) is 13.2 Å². The Bertz CT molecular complexity index is 1220. The van der Waals surface area contributed by atoms with Crippen molar-refractivity contribution in [3.63, 3.8) is 0 Å². The summed E-state index contributed by atoms with van der Waals surface area (Å²) in [6, 6.07) is 16.4. The topological polar surface area (TPSA) is 115 Å². The van der Waals surface area contributed by atoms with Gasteiger partial charge < -0.3 is 20.8 Å². The summed E-state index contributed by atoms with van der Waals surface area (Å²) in [6.07, 6.45) is 3.36. The number of hydrogen-bond acceptors (Lipinski definition) is 7. The predicted molar refractivity (Wildman–Crippen MR) is 157 cm³/mol. The Labute approximate surface area is 236 Å². The van der Waals surface area contributed by atoms with Crippen LogP contribution >= 0.6 is 36.2 Å².